The average Bonchev–Trinajstić information content (AvgIpc) is 4.09. The SMILES string of the molecule is CSCC[C@H](NC(=O)[C@H](CC(C)C)NC(=O)[C@H](Cc1cnc[nH]1)NC(=O)CNC(=O)[C@@H](NC(=O)C(C)NC(=O)[C@H](Cc1c[nH]c2ccccc12)NC(=O)[C@H](CCC(N)=O)NC(=O)CCCCNC(=O)CC(CN)CN)C(C)C)C(N)=O. The molecule has 0 aliphatic heterocycles. The fraction of sp³-hybridized carbons (Fsp3) is 0.585. The summed E-state index contributed by atoms with van der Waals surface area (Å²) >= 11 is 1.47. The van der Waals surface area contributed by atoms with Crippen molar-refractivity contribution in [2.24, 2.45) is 40.7 Å². The van der Waals surface area contributed by atoms with Crippen LogP contribution in [-0.2, 0) is 65.6 Å². The van der Waals surface area contributed by atoms with E-state index in [1.165, 1.54) is 31.2 Å². The van der Waals surface area contributed by atoms with Crippen molar-refractivity contribution in [3.63, 3.8) is 0 Å². The van der Waals surface area contributed by atoms with Crippen LogP contribution in [0, 0.1) is 17.8 Å². The number of carbonyl (C=O) groups is 11. The zero-order valence-corrected chi connectivity index (χ0v) is 47.9. The maximum atomic E-state index is 14.2. The van der Waals surface area contributed by atoms with Gasteiger partial charge in [-0.05, 0) is 93.5 Å². The monoisotopic (exact) mass is 1150 g/mol. The third-order valence-corrected chi connectivity index (χ3v) is 13.7. The van der Waals surface area contributed by atoms with Crippen LogP contribution in [0.4, 0.5) is 0 Å². The molecule has 1 unspecified atom stereocenters. The van der Waals surface area contributed by atoms with Crippen LogP contribution >= 0.6 is 11.8 Å². The van der Waals surface area contributed by atoms with Gasteiger partial charge >= 0.3 is 0 Å². The quantitative estimate of drug-likeness (QED) is 0.0267. The second kappa shape index (κ2) is 35.2. The van der Waals surface area contributed by atoms with Crippen molar-refractivity contribution in [2.45, 2.75) is 141 Å². The highest BCUT2D eigenvalue weighted by Crippen LogP contribution is 2.20. The minimum absolute atomic E-state index is 0.0337. The van der Waals surface area contributed by atoms with Crippen LogP contribution in [0.2, 0.25) is 0 Å². The second-order valence-corrected chi connectivity index (χ2v) is 21.6. The molecule has 0 radical (unpaired) electrons. The highest BCUT2D eigenvalue weighted by atomic mass is 32.2. The lowest BCUT2D eigenvalue weighted by Gasteiger charge is -2.26. The second-order valence-electron chi connectivity index (χ2n) is 20.6. The highest BCUT2D eigenvalue weighted by Gasteiger charge is 2.34. The molecule has 27 nitrogen and oxygen atoms in total. The molecule has 448 valence electrons. The predicted octanol–water partition coefficient (Wildman–Crippen LogP) is -2.38. The number of aromatic nitrogens is 3. The molecule has 11 amide bonds. The number of aromatic amines is 2. The van der Waals surface area contributed by atoms with Crippen molar-refractivity contribution < 1.29 is 52.7 Å². The van der Waals surface area contributed by atoms with E-state index in [0.717, 1.165) is 10.9 Å². The van der Waals surface area contributed by atoms with Crippen LogP contribution < -0.4 is 70.8 Å². The summed E-state index contributed by atoms with van der Waals surface area (Å²) in [6.07, 6.45) is 7.04. The van der Waals surface area contributed by atoms with E-state index in [4.69, 9.17) is 22.9 Å². The van der Waals surface area contributed by atoms with Gasteiger partial charge in [0.05, 0.1) is 12.9 Å². The highest BCUT2D eigenvalue weighted by molar-refractivity contribution is 7.98. The molecule has 3 rings (SSSR count). The lowest BCUT2D eigenvalue weighted by atomic mass is 10.0. The number of thioether (sulfide) groups is 1. The number of hydrogen-bond donors (Lipinski definition) is 15. The summed E-state index contributed by atoms with van der Waals surface area (Å²) in [6, 6.07) is -1.35. The zero-order chi connectivity index (χ0) is 60.2. The van der Waals surface area contributed by atoms with E-state index >= 15 is 0 Å². The first kappa shape index (κ1) is 67.7. The predicted molar refractivity (Wildman–Crippen MR) is 304 cm³/mol. The smallest absolute Gasteiger partial charge is 0.243 e. The van der Waals surface area contributed by atoms with Gasteiger partial charge in [-0.25, -0.2) is 4.98 Å². The number of para-hydroxylation sites is 1. The molecule has 0 aliphatic carbocycles. The number of H-pyrrole nitrogens is 2. The van der Waals surface area contributed by atoms with Crippen LogP contribution in [0.5, 0.6) is 0 Å². The summed E-state index contributed by atoms with van der Waals surface area (Å²) < 4.78 is 0. The van der Waals surface area contributed by atoms with Crippen molar-refractivity contribution in [1.29, 1.82) is 0 Å². The number of amides is 11. The molecule has 28 heteroatoms. The van der Waals surface area contributed by atoms with Crippen LogP contribution in [0.25, 0.3) is 10.9 Å². The van der Waals surface area contributed by atoms with Crippen LogP contribution in [0.1, 0.15) is 97.2 Å². The topological polar surface area (TPSA) is 445 Å². The van der Waals surface area contributed by atoms with Gasteiger partial charge in [0.15, 0.2) is 0 Å². The number of nitrogens with one attached hydrogen (secondary N) is 11. The lowest BCUT2D eigenvalue weighted by molar-refractivity contribution is -0.135. The number of hydrogen-bond acceptors (Lipinski definition) is 15. The van der Waals surface area contributed by atoms with Gasteiger partial charge in [0.25, 0.3) is 0 Å². The van der Waals surface area contributed by atoms with Gasteiger partial charge in [-0.15, -0.1) is 0 Å². The molecule has 3 aromatic rings. The largest absolute Gasteiger partial charge is 0.370 e. The molecule has 1 aromatic carbocycles. The molecule has 19 N–H and O–H groups in total. The van der Waals surface area contributed by atoms with E-state index in [9.17, 15) is 52.7 Å². The van der Waals surface area contributed by atoms with E-state index in [1.807, 2.05) is 38.3 Å². The minimum atomic E-state index is -1.36. The number of unbranched alkanes of at least 4 members (excludes halogenated alkanes) is 1. The molecule has 81 heavy (non-hydrogen) atoms. The first-order valence-corrected chi connectivity index (χ1v) is 28.5. The van der Waals surface area contributed by atoms with Gasteiger partial charge in [-0.1, -0.05) is 45.9 Å². The number of nitrogens with two attached hydrogens (primary N) is 4. The summed E-state index contributed by atoms with van der Waals surface area (Å²) in [7, 11) is 0. The molecule has 0 fully saturated rings. The number of carbonyl (C=O) groups excluding carboxylic acids is 11. The molecule has 0 spiro atoms. The lowest BCUT2D eigenvalue weighted by Crippen LogP contribution is -2.59. The maximum Gasteiger partial charge on any atom is 0.243 e. The molecular weight excluding hydrogens is 1070 g/mol. The number of imidazole rings is 1. The third kappa shape index (κ3) is 24.4. The van der Waals surface area contributed by atoms with Gasteiger partial charge in [-0.3, -0.25) is 52.7 Å². The number of nitrogens with zero attached hydrogens (tertiary/aromatic N) is 1. The molecule has 0 saturated heterocycles. The summed E-state index contributed by atoms with van der Waals surface area (Å²) in [4.78, 5) is 156. The number of primary amides is 2. The normalized spacial score (nSPS) is 13.9. The van der Waals surface area contributed by atoms with Gasteiger partial charge in [0.1, 0.15) is 42.3 Å². The summed E-state index contributed by atoms with van der Waals surface area (Å²) in [5.74, 6) is -7.85. The molecule has 2 heterocycles. The van der Waals surface area contributed by atoms with Crippen molar-refractivity contribution in [1.82, 2.24) is 62.8 Å². The number of fused-ring (bicyclic) bond motifs is 1. The van der Waals surface area contributed by atoms with Crippen molar-refractivity contribution in [3.8, 4) is 0 Å². The summed E-state index contributed by atoms with van der Waals surface area (Å²) in [6.45, 7) is 8.50. The molecule has 0 saturated carbocycles. The van der Waals surface area contributed by atoms with Crippen LogP contribution in [-0.4, -0.2) is 160 Å². The Labute approximate surface area is 475 Å². The third-order valence-electron chi connectivity index (χ3n) is 13.0. The first-order valence-electron chi connectivity index (χ1n) is 27.1. The summed E-state index contributed by atoms with van der Waals surface area (Å²) in [5, 5.41) is 24.5. The first-order chi connectivity index (χ1) is 38.5. The average molecular weight is 1150 g/mol. The van der Waals surface area contributed by atoms with Crippen molar-refractivity contribution >= 4 is 87.6 Å². The van der Waals surface area contributed by atoms with E-state index in [-0.39, 0.29) is 88.7 Å². The fourth-order valence-electron chi connectivity index (χ4n) is 8.37. The fourth-order valence-corrected chi connectivity index (χ4v) is 8.84. The molecular formula is C53H84N16O11S. The Balaban J connectivity index is 1.72. The Bertz CT molecular complexity index is 2570. The Kier molecular flexibility index (Phi) is 29.4. The van der Waals surface area contributed by atoms with Crippen molar-refractivity contribution in [2.75, 3.05) is 38.2 Å². The van der Waals surface area contributed by atoms with Crippen molar-refractivity contribution in [3.05, 3.63) is 54.2 Å². The van der Waals surface area contributed by atoms with Crippen LogP contribution in [0.15, 0.2) is 43.0 Å². The zero-order valence-electron chi connectivity index (χ0n) is 47.1. The minimum Gasteiger partial charge on any atom is -0.370 e. The Morgan fingerprint density at radius 3 is 1.89 bits per heavy atom. The van der Waals surface area contributed by atoms with E-state index in [0.29, 0.717) is 29.9 Å². The maximum absolute atomic E-state index is 14.2. The Morgan fingerprint density at radius 1 is 0.630 bits per heavy atom. The molecule has 0 bridgehead atoms. The Hall–Kier alpha value is -7.59. The Morgan fingerprint density at radius 2 is 1.26 bits per heavy atom. The number of rotatable bonds is 38. The van der Waals surface area contributed by atoms with Gasteiger partial charge in [0, 0.05) is 67.6 Å². The van der Waals surface area contributed by atoms with Gasteiger partial charge in [0.2, 0.25) is 65.0 Å². The molecule has 0 aliphatic rings. The van der Waals surface area contributed by atoms with E-state index in [2.05, 4.69) is 62.8 Å². The van der Waals surface area contributed by atoms with E-state index < -0.39 is 114 Å². The molecule has 2 aromatic heterocycles. The standard InChI is InChI=1S/C53H84N16O11S/c1-29(2)19-39(51(78)66-37(47(57)74)16-18-81-6)67-52(79)41(22-34-26-58-28-62-34)65-45(73)27-61-53(80)46(30(3)4)69-48(75)31(5)63-50(77)40(21-33-25-60-36-12-8-7-11-35(33)36)68-49(76)38(14-15-42(56)70)64-43(71)13-9-10-17-59-44(72)20-32(23-54)24-55/h7-8,11-12,25-26,28-32,37-41,46,60H,9-10,13-24,27,54-55H2,1-6H3,(H2,56,70)(H2,57,74)(H,58,62)(H,59,72)(H,61,80)(H,63,77)(H,64,71)(H,65,73)(H,66,78)(H,67,79)(H,68,76)(H,69,75)/t31?,37-,38-,39-,40-,41-,46-/m0/s1. The summed E-state index contributed by atoms with van der Waals surface area (Å²) in [5.41, 5.74) is 24.1. The van der Waals surface area contributed by atoms with Gasteiger partial charge in [-0.2, -0.15) is 11.8 Å². The van der Waals surface area contributed by atoms with Crippen LogP contribution in [0.3, 0.4) is 0 Å². The van der Waals surface area contributed by atoms with Gasteiger partial charge < -0.3 is 80.8 Å². The van der Waals surface area contributed by atoms with E-state index in [1.54, 1.807) is 26.1 Å². The molecule has 7 atom stereocenters. The number of benzene rings is 1.